The van der Waals surface area contributed by atoms with Gasteiger partial charge in [-0.05, 0) is 12.1 Å². The first-order valence-corrected chi connectivity index (χ1v) is 3.82. The van der Waals surface area contributed by atoms with Gasteiger partial charge in [-0.15, -0.1) is 0 Å². The summed E-state index contributed by atoms with van der Waals surface area (Å²) >= 11 is 5.75. The molecule has 1 N–H and O–H groups in total. The van der Waals surface area contributed by atoms with Crippen LogP contribution in [0.15, 0.2) is 22.9 Å². The van der Waals surface area contributed by atoms with Crippen molar-refractivity contribution in [3.8, 4) is 0 Å². The zero-order valence-electron chi connectivity index (χ0n) is 6.32. The number of carboxylic acid groups (broad SMARTS) is 1. The lowest BCUT2D eigenvalue weighted by molar-refractivity contribution is 0.0697. The molecular formula is C8H4ClNO3. The Morgan fingerprint density at radius 2 is 2.31 bits per heavy atom. The summed E-state index contributed by atoms with van der Waals surface area (Å²) in [6, 6.07) is 2.74. The fraction of sp³-hybridized carbons (Fsp3) is 0. The Balaban J connectivity index is 2.77. The lowest BCUT2D eigenvalue weighted by Gasteiger charge is -1.95. The minimum atomic E-state index is -1.04. The Morgan fingerprint density at radius 3 is 3.00 bits per heavy atom. The first-order chi connectivity index (χ1) is 6.18. The number of fused-ring (bicyclic) bond motifs is 1. The van der Waals surface area contributed by atoms with Crippen LogP contribution in [-0.4, -0.2) is 16.1 Å². The van der Waals surface area contributed by atoms with E-state index >= 15 is 0 Å². The second kappa shape index (κ2) is 2.74. The van der Waals surface area contributed by atoms with E-state index in [4.69, 9.17) is 21.1 Å². The number of benzene rings is 1. The Morgan fingerprint density at radius 1 is 1.54 bits per heavy atom. The van der Waals surface area contributed by atoms with Crippen molar-refractivity contribution >= 4 is 28.7 Å². The van der Waals surface area contributed by atoms with Crippen molar-refractivity contribution in [3.63, 3.8) is 0 Å². The number of aromatic carboxylic acids is 1. The van der Waals surface area contributed by atoms with Crippen LogP contribution in [0.3, 0.4) is 0 Å². The highest BCUT2D eigenvalue weighted by Crippen LogP contribution is 2.24. The van der Waals surface area contributed by atoms with Gasteiger partial charge >= 0.3 is 5.97 Å². The molecule has 13 heavy (non-hydrogen) atoms. The van der Waals surface area contributed by atoms with Crippen LogP contribution in [-0.2, 0) is 0 Å². The summed E-state index contributed by atoms with van der Waals surface area (Å²) in [6.45, 7) is 0. The summed E-state index contributed by atoms with van der Waals surface area (Å²) < 4.78 is 4.95. The quantitative estimate of drug-likeness (QED) is 0.761. The van der Waals surface area contributed by atoms with Crippen LogP contribution in [0.1, 0.15) is 10.4 Å². The number of hydrogen-bond donors (Lipinski definition) is 1. The summed E-state index contributed by atoms with van der Waals surface area (Å²) in [7, 11) is 0. The van der Waals surface area contributed by atoms with Crippen LogP contribution < -0.4 is 0 Å². The molecule has 2 aromatic rings. The molecule has 0 bridgehead atoms. The van der Waals surface area contributed by atoms with Crippen LogP contribution in [0.2, 0.25) is 5.02 Å². The third-order valence-corrected chi connectivity index (χ3v) is 1.91. The summed E-state index contributed by atoms with van der Waals surface area (Å²) in [5.41, 5.74) is 0.961. The van der Waals surface area contributed by atoms with E-state index in [0.29, 0.717) is 11.1 Å². The maximum absolute atomic E-state index is 10.6. The molecule has 0 fully saturated rings. The SMILES string of the molecule is O=C(O)c1cc(Cl)c2ocnc2c1. The molecule has 0 atom stereocenters. The zero-order valence-corrected chi connectivity index (χ0v) is 7.08. The number of carboxylic acids is 1. The highest BCUT2D eigenvalue weighted by molar-refractivity contribution is 6.35. The highest BCUT2D eigenvalue weighted by atomic mass is 35.5. The summed E-state index contributed by atoms with van der Waals surface area (Å²) in [5, 5.41) is 8.95. The molecule has 0 saturated heterocycles. The Bertz CT molecular complexity index is 477. The second-order valence-corrected chi connectivity index (χ2v) is 2.87. The molecule has 0 aliphatic rings. The van der Waals surface area contributed by atoms with Gasteiger partial charge in [-0.1, -0.05) is 11.6 Å². The van der Waals surface area contributed by atoms with E-state index in [1.807, 2.05) is 0 Å². The van der Waals surface area contributed by atoms with Crippen LogP contribution in [0.25, 0.3) is 11.1 Å². The molecule has 5 heteroatoms. The standard InChI is InChI=1S/C8H4ClNO3/c9-5-1-4(8(11)12)2-6-7(5)13-3-10-6/h1-3H,(H,11,12). The van der Waals surface area contributed by atoms with Gasteiger partial charge in [0.15, 0.2) is 12.0 Å². The lowest BCUT2D eigenvalue weighted by Crippen LogP contribution is -1.95. The van der Waals surface area contributed by atoms with Crippen molar-refractivity contribution in [1.82, 2.24) is 4.98 Å². The van der Waals surface area contributed by atoms with E-state index in [-0.39, 0.29) is 10.6 Å². The first-order valence-electron chi connectivity index (χ1n) is 3.44. The molecule has 0 radical (unpaired) electrons. The van der Waals surface area contributed by atoms with Gasteiger partial charge in [0, 0.05) is 0 Å². The van der Waals surface area contributed by atoms with Gasteiger partial charge in [0.1, 0.15) is 5.52 Å². The fourth-order valence-corrected chi connectivity index (χ4v) is 1.31. The van der Waals surface area contributed by atoms with E-state index in [2.05, 4.69) is 4.98 Å². The van der Waals surface area contributed by atoms with Gasteiger partial charge in [0.25, 0.3) is 0 Å². The van der Waals surface area contributed by atoms with E-state index in [1.54, 1.807) is 0 Å². The van der Waals surface area contributed by atoms with Gasteiger partial charge in [-0.3, -0.25) is 0 Å². The maximum Gasteiger partial charge on any atom is 0.335 e. The third-order valence-electron chi connectivity index (χ3n) is 1.63. The van der Waals surface area contributed by atoms with E-state index in [9.17, 15) is 4.79 Å². The van der Waals surface area contributed by atoms with Crippen LogP contribution in [0.4, 0.5) is 0 Å². The van der Waals surface area contributed by atoms with Crippen molar-refractivity contribution in [2.24, 2.45) is 0 Å². The van der Waals surface area contributed by atoms with Crippen LogP contribution >= 0.6 is 11.6 Å². The number of rotatable bonds is 1. The fourth-order valence-electron chi connectivity index (χ4n) is 1.05. The van der Waals surface area contributed by atoms with Crippen LogP contribution in [0, 0.1) is 0 Å². The van der Waals surface area contributed by atoms with Gasteiger partial charge in [-0.2, -0.15) is 0 Å². The predicted molar refractivity (Wildman–Crippen MR) is 46.0 cm³/mol. The molecule has 0 amide bonds. The maximum atomic E-state index is 10.6. The smallest absolute Gasteiger partial charge is 0.335 e. The number of halogens is 1. The van der Waals surface area contributed by atoms with E-state index in [0.717, 1.165) is 0 Å². The molecule has 4 nitrogen and oxygen atoms in total. The molecular weight excluding hydrogens is 194 g/mol. The second-order valence-electron chi connectivity index (χ2n) is 2.46. The number of oxazole rings is 1. The van der Waals surface area contributed by atoms with Crippen molar-refractivity contribution < 1.29 is 14.3 Å². The number of hydrogen-bond acceptors (Lipinski definition) is 3. The van der Waals surface area contributed by atoms with Gasteiger partial charge < -0.3 is 9.52 Å². The predicted octanol–water partition coefficient (Wildman–Crippen LogP) is 2.18. The summed E-state index contributed by atoms with van der Waals surface area (Å²) in [4.78, 5) is 14.4. The van der Waals surface area contributed by atoms with Crippen molar-refractivity contribution in [1.29, 1.82) is 0 Å². The number of aromatic nitrogens is 1. The Hall–Kier alpha value is -1.55. The van der Waals surface area contributed by atoms with Crippen molar-refractivity contribution in [2.75, 3.05) is 0 Å². The minimum absolute atomic E-state index is 0.103. The van der Waals surface area contributed by atoms with Gasteiger partial charge in [0.2, 0.25) is 0 Å². The molecule has 66 valence electrons. The molecule has 0 unspecified atom stereocenters. The summed E-state index contributed by atoms with van der Waals surface area (Å²) in [6.07, 6.45) is 1.22. The largest absolute Gasteiger partial charge is 0.478 e. The highest BCUT2D eigenvalue weighted by Gasteiger charge is 2.10. The summed E-state index contributed by atoms with van der Waals surface area (Å²) in [5.74, 6) is -1.04. The average molecular weight is 198 g/mol. The van der Waals surface area contributed by atoms with E-state index < -0.39 is 5.97 Å². The van der Waals surface area contributed by atoms with Crippen LogP contribution in [0.5, 0.6) is 0 Å². The minimum Gasteiger partial charge on any atom is -0.478 e. The normalized spacial score (nSPS) is 10.5. The van der Waals surface area contributed by atoms with Gasteiger partial charge in [-0.25, -0.2) is 9.78 Å². The molecule has 1 aromatic carbocycles. The van der Waals surface area contributed by atoms with E-state index in [1.165, 1.54) is 18.5 Å². The third kappa shape index (κ3) is 1.25. The number of carbonyl (C=O) groups is 1. The molecule has 1 aromatic heterocycles. The van der Waals surface area contributed by atoms with Crippen molar-refractivity contribution in [3.05, 3.63) is 29.1 Å². The molecule has 1 heterocycles. The van der Waals surface area contributed by atoms with Crippen molar-refractivity contribution in [2.45, 2.75) is 0 Å². The first kappa shape index (κ1) is 8.07. The lowest BCUT2D eigenvalue weighted by atomic mass is 10.2. The number of nitrogens with zero attached hydrogens (tertiary/aromatic N) is 1. The van der Waals surface area contributed by atoms with Gasteiger partial charge in [0.05, 0.1) is 10.6 Å². The molecule has 0 aliphatic carbocycles. The Labute approximate surface area is 77.8 Å². The molecule has 0 spiro atoms. The average Bonchev–Trinajstić information content (AvgIpc) is 2.51. The molecule has 2 rings (SSSR count). The topological polar surface area (TPSA) is 63.3 Å². The monoisotopic (exact) mass is 197 g/mol. The molecule has 0 saturated carbocycles. The molecule has 0 aliphatic heterocycles. The Kier molecular flexibility index (Phi) is 1.70. The zero-order chi connectivity index (χ0) is 9.42.